The lowest BCUT2D eigenvalue weighted by molar-refractivity contribution is -0.383. The predicted molar refractivity (Wildman–Crippen MR) is 81.2 cm³/mol. The molecule has 0 spiro atoms. The smallest absolute Gasteiger partial charge is 0.304 e. The molecule has 112 valence electrons. The monoisotopic (exact) mass is 337 g/mol. The molecule has 1 unspecified atom stereocenters. The average Bonchev–Trinajstić information content (AvgIpc) is 3.06. The summed E-state index contributed by atoms with van der Waals surface area (Å²) in [5.74, 6) is 1.71. The number of nitrogens with one attached hydrogen (secondary N) is 1. The van der Waals surface area contributed by atoms with Crippen molar-refractivity contribution < 1.29 is 13.3 Å². The van der Waals surface area contributed by atoms with Gasteiger partial charge in [-0.1, -0.05) is 11.3 Å². The summed E-state index contributed by atoms with van der Waals surface area (Å²) in [6, 6.07) is 1.09. The van der Waals surface area contributed by atoms with Gasteiger partial charge in [0, 0.05) is 32.0 Å². The number of sulfonamides is 1. The van der Waals surface area contributed by atoms with Crippen LogP contribution in [0.2, 0.25) is 0 Å². The Morgan fingerprint density at radius 1 is 1.55 bits per heavy atom. The molecule has 20 heavy (non-hydrogen) atoms. The van der Waals surface area contributed by atoms with Crippen molar-refractivity contribution in [2.75, 3.05) is 30.9 Å². The second kappa shape index (κ2) is 5.88. The fourth-order valence-corrected chi connectivity index (χ4v) is 6.16. The van der Waals surface area contributed by atoms with Gasteiger partial charge in [-0.25, -0.2) is 8.42 Å². The van der Waals surface area contributed by atoms with Crippen molar-refractivity contribution in [2.45, 2.75) is 16.7 Å². The Hall–Kier alpha value is -0.840. The summed E-state index contributed by atoms with van der Waals surface area (Å²) < 4.78 is 26.3. The molecule has 0 radical (unpaired) electrons. The first-order valence-corrected chi connectivity index (χ1v) is 9.30. The fraction of sp³-hybridized carbons (Fsp3) is 0.600. The number of thiophene rings is 1. The van der Waals surface area contributed by atoms with E-state index < -0.39 is 14.9 Å². The summed E-state index contributed by atoms with van der Waals surface area (Å²) in [7, 11) is -0.601. The molecule has 1 aliphatic heterocycles. The van der Waals surface area contributed by atoms with Gasteiger partial charge < -0.3 is 5.32 Å². The van der Waals surface area contributed by atoms with Gasteiger partial charge in [0.15, 0.2) is 5.00 Å². The third-order valence-corrected chi connectivity index (χ3v) is 7.81. The number of nitrogens with zero attached hydrogens (tertiary/aromatic N) is 2. The molecule has 1 N–H and O–H groups in total. The van der Waals surface area contributed by atoms with Crippen LogP contribution >= 0.6 is 23.1 Å². The molecule has 10 heteroatoms. The molecular weight excluding hydrogens is 322 g/mol. The van der Waals surface area contributed by atoms with E-state index in [-0.39, 0.29) is 20.9 Å². The highest BCUT2D eigenvalue weighted by molar-refractivity contribution is 7.99. The maximum absolute atomic E-state index is 12.5. The van der Waals surface area contributed by atoms with Crippen LogP contribution in [0.1, 0.15) is 6.42 Å². The zero-order chi connectivity index (χ0) is 14.9. The minimum atomic E-state index is -3.67. The first kappa shape index (κ1) is 15.5. The van der Waals surface area contributed by atoms with Gasteiger partial charge >= 0.3 is 5.69 Å². The van der Waals surface area contributed by atoms with Crippen LogP contribution < -0.4 is 5.32 Å². The molecule has 1 fully saturated rings. The largest absolute Gasteiger partial charge is 0.374 e. The Labute approximate surface area is 125 Å². The van der Waals surface area contributed by atoms with Gasteiger partial charge in [-0.3, -0.25) is 10.1 Å². The second-order valence-corrected chi connectivity index (χ2v) is 8.75. The molecule has 1 aliphatic rings. The van der Waals surface area contributed by atoms with Gasteiger partial charge in [-0.05, 0) is 12.2 Å². The highest BCUT2D eigenvalue weighted by Gasteiger charge is 2.33. The first-order chi connectivity index (χ1) is 9.37. The van der Waals surface area contributed by atoms with Crippen LogP contribution in [0.4, 0.5) is 10.7 Å². The highest BCUT2D eigenvalue weighted by Crippen LogP contribution is 2.38. The Morgan fingerprint density at radius 3 is 2.70 bits per heavy atom. The number of thioether (sulfide) groups is 1. The predicted octanol–water partition coefficient (Wildman–Crippen LogP) is 1.82. The maximum Gasteiger partial charge on any atom is 0.304 e. The lowest BCUT2D eigenvalue weighted by Gasteiger charge is -2.21. The molecule has 0 bridgehead atoms. The molecule has 0 aromatic carbocycles. The normalized spacial score (nSPS) is 19.4. The number of nitro groups is 1. The van der Waals surface area contributed by atoms with Gasteiger partial charge in [0.05, 0.1) is 4.92 Å². The summed E-state index contributed by atoms with van der Waals surface area (Å²) in [4.78, 5) is 10.3. The molecule has 0 amide bonds. The van der Waals surface area contributed by atoms with Crippen molar-refractivity contribution in [1.82, 2.24) is 4.31 Å². The van der Waals surface area contributed by atoms with Crippen LogP contribution in [-0.4, -0.2) is 49.3 Å². The second-order valence-electron chi connectivity index (χ2n) is 4.33. The number of anilines is 1. The third-order valence-electron chi connectivity index (χ3n) is 3.17. The van der Waals surface area contributed by atoms with Gasteiger partial charge in [0.2, 0.25) is 0 Å². The van der Waals surface area contributed by atoms with Crippen LogP contribution in [0.3, 0.4) is 0 Å². The Bertz CT molecular complexity index is 607. The van der Waals surface area contributed by atoms with Crippen molar-refractivity contribution in [3.05, 3.63) is 16.2 Å². The van der Waals surface area contributed by atoms with Crippen LogP contribution in [0.5, 0.6) is 0 Å². The number of hydrogen-bond acceptors (Lipinski definition) is 7. The molecule has 7 nitrogen and oxygen atoms in total. The molecule has 1 aromatic heterocycles. The lowest BCUT2D eigenvalue weighted by atomic mass is 10.3. The zero-order valence-corrected chi connectivity index (χ0v) is 13.5. The quantitative estimate of drug-likeness (QED) is 0.651. The molecule has 2 rings (SSSR count). The summed E-state index contributed by atoms with van der Waals surface area (Å²) in [6.07, 6.45) is 0.812. The van der Waals surface area contributed by atoms with Crippen molar-refractivity contribution >= 4 is 43.8 Å². The molecule has 1 saturated heterocycles. The zero-order valence-electron chi connectivity index (χ0n) is 11.0. The first-order valence-electron chi connectivity index (χ1n) is 5.89. The van der Waals surface area contributed by atoms with Crippen molar-refractivity contribution in [2.24, 2.45) is 0 Å². The molecule has 0 saturated carbocycles. The summed E-state index contributed by atoms with van der Waals surface area (Å²) in [5, 5.41) is 13.8. The van der Waals surface area contributed by atoms with E-state index in [0.29, 0.717) is 0 Å². The SMILES string of the molecule is CNc1sc(S(=O)(=O)N(C)C2CCSC2)cc1[N+](=O)[O-]. The van der Waals surface area contributed by atoms with Crippen molar-refractivity contribution in [3.63, 3.8) is 0 Å². The molecule has 2 heterocycles. The van der Waals surface area contributed by atoms with Gasteiger partial charge in [0.25, 0.3) is 10.0 Å². The number of rotatable bonds is 5. The minimum absolute atomic E-state index is 0.00736. The van der Waals surface area contributed by atoms with E-state index in [1.165, 1.54) is 18.4 Å². The third kappa shape index (κ3) is 2.78. The Kier molecular flexibility index (Phi) is 4.57. The Morgan fingerprint density at radius 2 is 2.25 bits per heavy atom. The summed E-state index contributed by atoms with van der Waals surface area (Å²) >= 11 is 2.61. The average molecular weight is 337 g/mol. The summed E-state index contributed by atoms with van der Waals surface area (Å²) in [6.45, 7) is 0. The summed E-state index contributed by atoms with van der Waals surface area (Å²) in [5.41, 5.74) is -0.203. The molecular formula is C10H15N3O4S3. The van der Waals surface area contributed by atoms with E-state index in [2.05, 4.69) is 5.32 Å². The fourth-order valence-electron chi connectivity index (χ4n) is 1.95. The topological polar surface area (TPSA) is 92.6 Å². The van der Waals surface area contributed by atoms with Crippen LogP contribution in [0, 0.1) is 10.1 Å². The molecule has 0 aliphatic carbocycles. The van der Waals surface area contributed by atoms with E-state index in [0.717, 1.165) is 35.3 Å². The minimum Gasteiger partial charge on any atom is -0.374 e. The van der Waals surface area contributed by atoms with E-state index >= 15 is 0 Å². The van der Waals surface area contributed by atoms with E-state index in [1.54, 1.807) is 11.8 Å². The Balaban J connectivity index is 2.36. The van der Waals surface area contributed by atoms with Crippen LogP contribution in [-0.2, 0) is 10.0 Å². The molecule has 1 aromatic rings. The highest BCUT2D eigenvalue weighted by atomic mass is 32.2. The van der Waals surface area contributed by atoms with Crippen molar-refractivity contribution in [3.8, 4) is 0 Å². The van der Waals surface area contributed by atoms with Crippen LogP contribution in [0.15, 0.2) is 10.3 Å². The van der Waals surface area contributed by atoms with Gasteiger partial charge in [-0.2, -0.15) is 16.1 Å². The van der Waals surface area contributed by atoms with Gasteiger partial charge in [-0.15, -0.1) is 0 Å². The van der Waals surface area contributed by atoms with E-state index in [9.17, 15) is 18.5 Å². The number of hydrogen-bond donors (Lipinski definition) is 1. The standard InChI is InChI=1S/C10H15N3O4S3/c1-11-10-8(13(14)15)5-9(19-10)20(16,17)12(2)7-3-4-18-6-7/h5,7,11H,3-4,6H2,1-2H3. The maximum atomic E-state index is 12.5. The van der Waals surface area contributed by atoms with E-state index in [1.807, 2.05) is 0 Å². The molecule has 1 atom stereocenters. The van der Waals surface area contributed by atoms with E-state index in [4.69, 9.17) is 0 Å². The lowest BCUT2D eigenvalue weighted by Crippen LogP contribution is -2.36. The van der Waals surface area contributed by atoms with Crippen molar-refractivity contribution in [1.29, 1.82) is 0 Å². The van der Waals surface area contributed by atoms with Gasteiger partial charge in [0.1, 0.15) is 4.21 Å². The van der Waals surface area contributed by atoms with Crippen LogP contribution in [0.25, 0.3) is 0 Å².